The largest absolute Gasteiger partial charge is 0.492 e. The molecule has 0 saturated carbocycles. The van der Waals surface area contributed by atoms with Crippen molar-refractivity contribution in [1.29, 1.82) is 0 Å². The normalized spacial score (nSPS) is 16.7. The van der Waals surface area contributed by atoms with Gasteiger partial charge < -0.3 is 19.0 Å². The van der Waals surface area contributed by atoms with Crippen LogP contribution in [0, 0.1) is 19.8 Å². The summed E-state index contributed by atoms with van der Waals surface area (Å²) in [5.41, 5.74) is 2.84. The first kappa shape index (κ1) is 20.0. The fraction of sp³-hybridized carbons (Fsp3) is 0.455. The predicted molar refractivity (Wildman–Crippen MR) is 106 cm³/mol. The van der Waals surface area contributed by atoms with Crippen LogP contribution in [0.1, 0.15) is 34.3 Å². The Bertz CT molecular complexity index is 796. The molecular weight excluding hydrogens is 356 g/mol. The van der Waals surface area contributed by atoms with Crippen molar-refractivity contribution in [2.45, 2.75) is 26.7 Å². The van der Waals surface area contributed by atoms with Crippen molar-refractivity contribution in [2.75, 3.05) is 33.3 Å². The van der Waals surface area contributed by atoms with E-state index in [0.29, 0.717) is 31.8 Å². The average molecular weight is 384 g/mol. The zero-order chi connectivity index (χ0) is 20.1. The Labute approximate surface area is 166 Å². The molecule has 1 unspecified atom stereocenters. The minimum atomic E-state index is -0.171. The van der Waals surface area contributed by atoms with Gasteiger partial charge >= 0.3 is 0 Å². The molecule has 1 saturated heterocycles. The fourth-order valence-electron chi connectivity index (χ4n) is 3.67. The molecule has 2 heterocycles. The van der Waals surface area contributed by atoms with Crippen LogP contribution >= 0.6 is 0 Å². The van der Waals surface area contributed by atoms with Crippen LogP contribution in [0.3, 0.4) is 0 Å². The van der Waals surface area contributed by atoms with Crippen molar-refractivity contribution in [3.63, 3.8) is 0 Å². The number of likely N-dealkylation sites (N-methyl/N-ethyl adjacent to an activating group) is 1. The van der Waals surface area contributed by atoms with Crippen LogP contribution in [0.15, 0.2) is 41.2 Å². The standard InChI is InChI=1S/C22H28N2O4/c1-16-11-17(2)13-20(12-16)28-10-8-23(3)21(25)18-5-4-7-24(14-18)22(26)19-6-9-27-15-19/h6,9,11-13,15,18H,4-5,7-8,10,14H2,1-3H3. The zero-order valence-electron chi connectivity index (χ0n) is 16.8. The number of rotatable bonds is 6. The predicted octanol–water partition coefficient (Wildman–Crippen LogP) is 3.29. The quantitative estimate of drug-likeness (QED) is 0.767. The first-order valence-electron chi connectivity index (χ1n) is 9.71. The summed E-state index contributed by atoms with van der Waals surface area (Å²) in [6.07, 6.45) is 4.57. The van der Waals surface area contributed by atoms with Gasteiger partial charge in [-0.25, -0.2) is 0 Å². The Morgan fingerprint density at radius 1 is 1.25 bits per heavy atom. The highest BCUT2D eigenvalue weighted by Gasteiger charge is 2.30. The first-order chi connectivity index (χ1) is 13.4. The van der Waals surface area contributed by atoms with Crippen molar-refractivity contribution >= 4 is 11.8 Å². The number of amides is 2. The smallest absolute Gasteiger partial charge is 0.257 e. The van der Waals surface area contributed by atoms with Crippen molar-refractivity contribution in [1.82, 2.24) is 9.80 Å². The summed E-state index contributed by atoms with van der Waals surface area (Å²) in [5, 5.41) is 0. The minimum Gasteiger partial charge on any atom is -0.492 e. The topological polar surface area (TPSA) is 63.0 Å². The van der Waals surface area contributed by atoms with Crippen molar-refractivity contribution in [3.8, 4) is 5.75 Å². The summed E-state index contributed by atoms with van der Waals surface area (Å²) in [6.45, 7) is 6.15. The van der Waals surface area contributed by atoms with E-state index in [-0.39, 0.29) is 17.7 Å². The number of carbonyl (C=O) groups excluding carboxylic acids is 2. The van der Waals surface area contributed by atoms with Gasteiger partial charge in [-0.1, -0.05) is 6.07 Å². The van der Waals surface area contributed by atoms with E-state index in [1.807, 2.05) is 26.0 Å². The molecule has 1 aromatic carbocycles. The van der Waals surface area contributed by atoms with Crippen LogP contribution in [0.25, 0.3) is 0 Å². The van der Waals surface area contributed by atoms with Gasteiger partial charge in [-0.2, -0.15) is 0 Å². The molecule has 1 aliphatic rings. The van der Waals surface area contributed by atoms with E-state index >= 15 is 0 Å². The lowest BCUT2D eigenvalue weighted by Crippen LogP contribution is -2.46. The molecule has 1 aromatic heterocycles. The average Bonchev–Trinajstić information content (AvgIpc) is 3.21. The van der Waals surface area contributed by atoms with Crippen molar-refractivity contribution in [3.05, 3.63) is 53.5 Å². The van der Waals surface area contributed by atoms with Crippen LogP contribution in [-0.4, -0.2) is 54.9 Å². The molecule has 0 radical (unpaired) electrons. The van der Waals surface area contributed by atoms with Gasteiger partial charge in [0.25, 0.3) is 5.91 Å². The molecule has 0 aliphatic carbocycles. The lowest BCUT2D eigenvalue weighted by molar-refractivity contribution is -0.135. The maximum absolute atomic E-state index is 12.8. The summed E-state index contributed by atoms with van der Waals surface area (Å²) in [7, 11) is 1.80. The van der Waals surface area contributed by atoms with E-state index in [1.165, 1.54) is 12.5 Å². The first-order valence-corrected chi connectivity index (χ1v) is 9.71. The van der Waals surface area contributed by atoms with Crippen molar-refractivity contribution < 1.29 is 18.7 Å². The number of furan rings is 1. The summed E-state index contributed by atoms with van der Waals surface area (Å²) in [4.78, 5) is 28.8. The molecule has 28 heavy (non-hydrogen) atoms. The Balaban J connectivity index is 1.50. The van der Waals surface area contributed by atoms with Crippen LogP contribution < -0.4 is 4.74 Å². The number of likely N-dealkylation sites (tertiary alicyclic amines) is 1. The van der Waals surface area contributed by atoms with Gasteiger partial charge in [0.05, 0.1) is 24.3 Å². The number of hydrogen-bond acceptors (Lipinski definition) is 4. The molecule has 0 bridgehead atoms. The van der Waals surface area contributed by atoms with Gasteiger partial charge in [0.2, 0.25) is 5.91 Å². The Morgan fingerprint density at radius 2 is 2.00 bits per heavy atom. The van der Waals surface area contributed by atoms with E-state index in [0.717, 1.165) is 29.7 Å². The zero-order valence-corrected chi connectivity index (χ0v) is 16.8. The lowest BCUT2D eigenvalue weighted by atomic mass is 9.96. The minimum absolute atomic E-state index is 0.0636. The van der Waals surface area contributed by atoms with Crippen LogP contribution in [-0.2, 0) is 4.79 Å². The summed E-state index contributed by atoms with van der Waals surface area (Å²) in [6, 6.07) is 7.75. The molecule has 1 fully saturated rings. The van der Waals surface area contributed by atoms with Crippen LogP contribution in [0.5, 0.6) is 5.75 Å². The summed E-state index contributed by atoms with van der Waals surface area (Å²) in [5.74, 6) is 0.643. The number of aryl methyl sites for hydroxylation is 2. The maximum atomic E-state index is 12.8. The van der Waals surface area contributed by atoms with Gasteiger partial charge in [-0.15, -0.1) is 0 Å². The number of benzene rings is 1. The highest BCUT2D eigenvalue weighted by molar-refractivity contribution is 5.94. The molecule has 3 rings (SSSR count). The number of carbonyl (C=O) groups is 2. The number of nitrogens with zero attached hydrogens (tertiary/aromatic N) is 2. The fourth-order valence-corrected chi connectivity index (χ4v) is 3.67. The van der Waals surface area contributed by atoms with E-state index in [1.54, 1.807) is 22.9 Å². The molecule has 0 N–H and O–H groups in total. The number of piperidine rings is 1. The molecule has 2 aromatic rings. The third kappa shape index (κ3) is 4.94. The highest BCUT2D eigenvalue weighted by Crippen LogP contribution is 2.21. The Kier molecular flexibility index (Phi) is 6.39. The number of hydrogen-bond donors (Lipinski definition) is 0. The molecular formula is C22H28N2O4. The van der Waals surface area contributed by atoms with Gasteiger partial charge in [0.15, 0.2) is 0 Å². The van der Waals surface area contributed by atoms with E-state index in [4.69, 9.17) is 9.15 Å². The second kappa shape index (κ2) is 8.95. The molecule has 1 atom stereocenters. The summed E-state index contributed by atoms with van der Waals surface area (Å²) >= 11 is 0. The second-order valence-corrected chi connectivity index (χ2v) is 7.53. The highest BCUT2D eigenvalue weighted by atomic mass is 16.5. The van der Waals surface area contributed by atoms with Gasteiger partial charge in [-0.05, 0) is 56.0 Å². The van der Waals surface area contributed by atoms with Gasteiger partial charge in [-0.3, -0.25) is 9.59 Å². The molecule has 0 spiro atoms. The summed E-state index contributed by atoms with van der Waals surface area (Å²) < 4.78 is 10.8. The second-order valence-electron chi connectivity index (χ2n) is 7.53. The van der Waals surface area contributed by atoms with E-state index in [9.17, 15) is 9.59 Å². The van der Waals surface area contributed by atoms with Gasteiger partial charge in [0, 0.05) is 20.1 Å². The van der Waals surface area contributed by atoms with E-state index in [2.05, 4.69) is 6.07 Å². The molecule has 6 nitrogen and oxygen atoms in total. The lowest BCUT2D eigenvalue weighted by Gasteiger charge is -2.33. The molecule has 150 valence electrons. The number of ether oxygens (including phenoxy) is 1. The Hall–Kier alpha value is -2.76. The molecule has 2 amide bonds. The molecule has 6 heteroatoms. The Morgan fingerprint density at radius 3 is 2.68 bits per heavy atom. The third-order valence-electron chi connectivity index (χ3n) is 5.09. The SMILES string of the molecule is Cc1cc(C)cc(OCCN(C)C(=O)C2CCCN(C(=O)c3ccoc3)C2)c1. The van der Waals surface area contributed by atoms with Crippen molar-refractivity contribution in [2.24, 2.45) is 5.92 Å². The van der Waals surface area contributed by atoms with Crippen LogP contribution in [0.2, 0.25) is 0 Å². The monoisotopic (exact) mass is 384 g/mol. The maximum Gasteiger partial charge on any atom is 0.257 e. The van der Waals surface area contributed by atoms with E-state index < -0.39 is 0 Å². The van der Waals surface area contributed by atoms with Gasteiger partial charge in [0.1, 0.15) is 18.6 Å². The third-order valence-corrected chi connectivity index (χ3v) is 5.09. The molecule has 1 aliphatic heterocycles. The van der Waals surface area contributed by atoms with Crippen LogP contribution in [0.4, 0.5) is 0 Å².